The predicted octanol–water partition coefficient (Wildman–Crippen LogP) is 4.17. The van der Waals surface area contributed by atoms with Gasteiger partial charge in [-0.1, -0.05) is 36.8 Å². The van der Waals surface area contributed by atoms with Crippen LogP contribution < -0.4 is 0 Å². The lowest BCUT2D eigenvalue weighted by molar-refractivity contribution is 0.0715. The standard InChI is InChI=1S/C24H24N6O2/c1-3-17-7-4-5-8-18(17)22-27-28-23(32-22)21-9-6-14-29(21)24(31)19-15-16(2)10-11-20(19)30-25-12-13-26-30/h4-5,7-8,10-13,15,21H,3,6,9,14H2,1-2H3/t21-/m0/s1. The zero-order valence-corrected chi connectivity index (χ0v) is 18.1. The van der Waals surface area contributed by atoms with Crippen LogP contribution in [0.3, 0.4) is 0 Å². The number of aryl methyl sites for hydroxylation is 2. The second kappa shape index (κ2) is 8.37. The normalized spacial score (nSPS) is 15.9. The van der Waals surface area contributed by atoms with Crippen LogP contribution in [0.5, 0.6) is 0 Å². The summed E-state index contributed by atoms with van der Waals surface area (Å²) in [6, 6.07) is 13.5. The number of hydrogen-bond donors (Lipinski definition) is 0. The van der Waals surface area contributed by atoms with E-state index < -0.39 is 0 Å². The van der Waals surface area contributed by atoms with E-state index in [0.717, 1.165) is 36.0 Å². The fraction of sp³-hybridized carbons (Fsp3) is 0.292. The Balaban J connectivity index is 1.47. The topological polar surface area (TPSA) is 89.9 Å². The van der Waals surface area contributed by atoms with Gasteiger partial charge in [-0.15, -0.1) is 10.2 Å². The maximum Gasteiger partial charge on any atom is 0.256 e. The molecule has 1 saturated heterocycles. The third kappa shape index (κ3) is 3.57. The minimum atomic E-state index is -0.253. The van der Waals surface area contributed by atoms with Crippen molar-refractivity contribution in [3.05, 3.63) is 77.4 Å². The van der Waals surface area contributed by atoms with Crippen molar-refractivity contribution in [2.24, 2.45) is 0 Å². The van der Waals surface area contributed by atoms with E-state index in [1.54, 1.807) is 12.4 Å². The fourth-order valence-electron chi connectivity index (χ4n) is 4.27. The van der Waals surface area contributed by atoms with Gasteiger partial charge in [-0.25, -0.2) is 0 Å². The number of carbonyl (C=O) groups excluding carboxylic acids is 1. The van der Waals surface area contributed by atoms with Crippen LogP contribution in [0.4, 0.5) is 0 Å². The maximum absolute atomic E-state index is 13.6. The average Bonchev–Trinajstić information content (AvgIpc) is 3.59. The number of aromatic nitrogens is 5. The summed E-state index contributed by atoms with van der Waals surface area (Å²) in [5, 5.41) is 17.0. The van der Waals surface area contributed by atoms with Crippen LogP contribution in [0.2, 0.25) is 0 Å². The summed E-state index contributed by atoms with van der Waals surface area (Å²) >= 11 is 0. The summed E-state index contributed by atoms with van der Waals surface area (Å²) < 4.78 is 6.09. The predicted molar refractivity (Wildman–Crippen MR) is 118 cm³/mol. The molecule has 0 radical (unpaired) electrons. The van der Waals surface area contributed by atoms with Gasteiger partial charge >= 0.3 is 0 Å². The number of amides is 1. The minimum absolute atomic E-state index is 0.0859. The summed E-state index contributed by atoms with van der Waals surface area (Å²) in [5.74, 6) is 0.883. The molecule has 4 aromatic rings. The van der Waals surface area contributed by atoms with Gasteiger partial charge in [0, 0.05) is 12.1 Å². The Morgan fingerprint density at radius 3 is 2.75 bits per heavy atom. The molecule has 0 saturated carbocycles. The molecule has 0 spiro atoms. The molecule has 0 bridgehead atoms. The molecule has 32 heavy (non-hydrogen) atoms. The number of nitrogens with zero attached hydrogens (tertiary/aromatic N) is 6. The molecule has 162 valence electrons. The summed E-state index contributed by atoms with van der Waals surface area (Å²) in [5.41, 5.74) is 4.30. The second-order valence-corrected chi connectivity index (χ2v) is 7.95. The van der Waals surface area contributed by atoms with Crippen LogP contribution >= 0.6 is 0 Å². The highest BCUT2D eigenvalue weighted by atomic mass is 16.4. The largest absolute Gasteiger partial charge is 0.418 e. The quantitative estimate of drug-likeness (QED) is 0.474. The number of hydrogen-bond acceptors (Lipinski definition) is 6. The highest BCUT2D eigenvalue weighted by molar-refractivity contribution is 5.98. The molecule has 8 heteroatoms. The monoisotopic (exact) mass is 428 g/mol. The van der Waals surface area contributed by atoms with Gasteiger partial charge in [0.1, 0.15) is 6.04 Å². The fourth-order valence-corrected chi connectivity index (χ4v) is 4.27. The SMILES string of the molecule is CCc1ccccc1-c1nnc([C@@H]2CCCN2C(=O)c2cc(C)ccc2-n2nccn2)o1. The molecule has 1 atom stereocenters. The molecular weight excluding hydrogens is 404 g/mol. The molecule has 1 amide bonds. The van der Waals surface area contributed by atoms with Gasteiger partial charge in [-0.2, -0.15) is 15.0 Å². The smallest absolute Gasteiger partial charge is 0.256 e. The molecule has 1 aliphatic rings. The average molecular weight is 428 g/mol. The van der Waals surface area contributed by atoms with Gasteiger partial charge in [0.15, 0.2) is 0 Å². The van der Waals surface area contributed by atoms with Crippen molar-refractivity contribution in [1.82, 2.24) is 30.1 Å². The molecule has 0 aliphatic carbocycles. The van der Waals surface area contributed by atoms with E-state index in [1.165, 1.54) is 4.80 Å². The van der Waals surface area contributed by atoms with E-state index >= 15 is 0 Å². The zero-order valence-electron chi connectivity index (χ0n) is 18.1. The van der Waals surface area contributed by atoms with Gasteiger partial charge in [0.25, 0.3) is 5.91 Å². The minimum Gasteiger partial charge on any atom is -0.418 e. The van der Waals surface area contributed by atoms with Crippen LogP contribution in [0.25, 0.3) is 17.1 Å². The van der Waals surface area contributed by atoms with Crippen molar-refractivity contribution in [1.29, 1.82) is 0 Å². The first-order valence-electron chi connectivity index (χ1n) is 10.9. The van der Waals surface area contributed by atoms with Gasteiger partial charge in [-0.05, 0) is 49.9 Å². The molecule has 3 heterocycles. The Morgan fingerprint density at radius 1 is 1.12 bits per heavy atom. The number of carbonyl (C=O) groups is 1. The summed E-state index contributed by atoms with van der Waals surface area (Å²) in [6.07, 6.45) is 5.73. The van der Waals surface area contributed by atoms with Crippen LogP contribution in [0.1, 0.15) is 53.2 Å². The van der Waals surface area contributed by atoms with Crippen LogP contribution in [0.15, 0.2) is 59.3 Å². The number of likely N-dealkylation sites (tertiary alicyclic amines) is 1. The van der Waals surface area contributed by atoms with E-state index in [4.69, 9.17) is 4.42 Å². The summed E-state index contributed by atoms with van der Waals surface area (Å²) in [7, 11) is 0. The van der Waals surface area contributed by atoms with Gasteiger partial charge in [0.05, 0.1) is 23.6 Å². The van der Waals surface area contributed by atoms with Gasteiger partial charge < -0.3 is 9.32 Å². The van der Waals surface area contributed by atoms with E-state index in [2.05, 4.69) is 33.4 Å². The second-order valence-electron chi connectivity index (χ2n) is 7.95. The Kier molecular flexibility index (Phi) is 5.26. The highest BCUT2D eigenvalue weighted by Crippen LogP contribution is 2.35. The van der Waals surface area contributed by atoms with E-state index in [0.29, 0.717) is 29.6 Å². The molecule has 2 aromatic carbocycles. The van der Waals surface area contributed by atoms with Crippen molar-refractivity contribution < 1.29 is 9.21 Å². The van der Waals surface area contributed by atoms with Crippen LogP contribution in [-0.2, 0) is 6.42 Å². The molecule has 2 aromatic heterocycles. The molecule has 0 N–H and O–H groups in total. The van der Waals surface area contributed by atoms with Gasteiger partial charge in [-0.3, -0.25) is 4.79 Å². The summed E-state index contributed by atoms with van der Waals surface area (Å²) in [6.45, 7) is 4.70. The Morgan fingerprint density at radius 2 is 1.94 bits per heavy atom. The molecule has 1 fully saturated rings. The van der Waals surface area contributed by atoms with Crippen molar-refractivity contribution in [3.8, 4) is 17.1 Å². The Labute approximate surface area is 185 Å². The van der Waals surface area contributed by atoms with Crippen molar-refractivity contribution in [3.63, 3.8) is 0 Å². The molecular formula is C24H24N6O2. The number of rotatable bonds is 5. The number of benzene rings is 2. The first-order chi connectivity index (χ1) is 15.7. The molecule has 1 aliphatic heterocycles. The van der Waals surface area contributed by atoms with E-state index in [-0.39, 0.29) is 11.9 Å². The van der Waals surface area contributed by atoms with E-state index in [1.807, 2.05) is 48.2 Å². The molecule has 8 nitrogen and oxygen atoms in total. The van der Waals surface area contributed by atoms with Crippen LogP contribution in [-0.4, -0.2) is 42.5 Å². The third-order valence-electron chi connectivity index (χ3n) is 5.88. The van der Waals surface area contributed by atoms with Crippen molar-refractivity contribution in [2.45, 2.75) is 39.2 Å². The molecule has 0 unspecified atom stereocenters. The lowest BCUT2D eigenvalue weighted by Gasteiger charge is -2.23. The van der Waals surface area contributed by atoms with Crippen LogP contribution in [0, 0.1) is 6.92 Å². The van der Waals surface area contributed by atoms with E-state index in [9.17, 15) is 4.79 Å². The molecule has 5 rings (SSSR count). The Hall–Kier alpha value is -3.81. The lowest BCUT2D eigenvalue weighted by atomic mass is 10.1. The first-order valence-corrected chi connectivity index (χ1v) is 10.9. The van der Waals surface area contributed by atoms with Crippen molar-refractivity contribution in [2.75, 3.05) is 6.54 Å². The highest BCUT2D eigenvalue weighted by Gasteiger charge is 2.35. The first kappa shape index (κ1) is 20.1. The Bertz CT molecular complexity index is 1250. The maximum atomic E-state index is 13.6. The third-order valence-corrected chi connectivity index (χ3v) is 5.88. The van der Waals surface area contributed by atoms with Crippen molar-refractivity contribution >= 4 is 5.91 Å². The summed E-state index contributed by atoms with van der Waals surface area (Å²) in [4.78, 5) is 16.9. The zero-order chi connectivity index (χ0) is 22.1. The van der Waals surface area contributed by atoms with Gasteiger partial charge in [0.2, 0.25) is 11.8 Å². The lowest BCUT2D eigenvalue weighted by Crippen LogP contribution is -2.31.